The van der Waals surface area contributed by atoms with Crippen LogP contribution in [0.1, 0.15) is 32.3 Å². The molecule has 3 rings (SSSR count). The minimum Gasteiger partial charge on any atom is -0.491 e. The van der Waals surface area contributed by atoms with E-state index in [2.05, 4.69) is 5.32 Å². The highest BCUT2D eigenvalue weighted by atomic mass is 16.6. The van der Waals surface area contributed by atoms with Crippen LogP contribution < -0.4 is 10.1 Å². The molecule has 0 saturated carbocycles. The van der Waals surface area contributed by atoms with Gasteiger partial charge in [-0.15, -0.1) is 0 Å². The Labute approximate surface area is 163 Å². The van der Waals surface area contributed by atoms with Crippen LogP contribution >= 0.6 is 0 Å². The summed E-state index contributed by atoms with van der Waals surface area (Å²) in [6, 6.07) is 13.5. The van der Waals surface area contributed by atoms with Gasteiger partial charge in [-0.1, -0.05) is 12.1 Å². The third-order valence-corrected chi connectivity index (χ3v) is 4.90. The molecule has 1 aliphatic rings. The highest BCUT2D eigenvalue weighted by molar-refractivity contribution is 5.99. The maximum atomic E-state index is 13.2. The van der Waals surface area contributed by atoms with Crippen molar-refractivity contribution in [2.24, 2.45) is 0 Å². The number of hydrogen-bond acceptors (Lipinski definition) is 5. The monoisotopic (exact) mass is 384 g/mol. The van der Waals surface area contributed by atoms with Crippen LogP contribution in [0.5, 0.6) is 5.75 Å². The minimum atomic E-state index is -0.777. The second-order valence-electron chi connectivity index (χ2n) is 7.14. The molecule has 0 radical (unpaired) electrons. The molecule has 0 unspecified atom stereocenters. The number of anilines is 1. The van der Waals surface area contributed by atoms with E-state index in [9.17, 15) is 14.9 Å². The molecule has 7 nitrogen and oxygen atoms in total. The van der Waals surface area contributed by atoms with Crippen molar-refractivity contribution in [3.8, 4) is 5.75 Å². The molecule has 2 aromatic carbocycles. The van der Waals surface area contributed by atoms with Crippen molar-refractivity contribution >= 4 is 17.3 Å². The lowest BCUT2D eigenvalue weighted by Gasteiger charge is -2.36. The van der Waals surface area contributed by atoms with Crippen LogP contribution in [0.25, 0.3) is 0 Å². The van der Waals surface area contributed by atoms with Gasteiger partial charge in [0.15, 0.2) is 0 Å². The fourth-order valence-corrected chi connectivity index (χ4v) is 3.41. The summed E-state index contributed by atoms with van der Waals surface area (Å²) in [7, 11) is 0. The molecule has 0 spiro atoms. The van der Waals surface area contributed by atoms with Gasteiger partial charge in [0.1, 0.15) is 5.75 Å². The molecular formula is C21H24N2O5. The highest BCUT2D eigenvalue weighted by Gasteiger charge is 2.42. The quantitative estimate of drug-likeness (QED) is 0.599. The average molecular weight is 384 g/mol. The fourth-order valence-electron chi connectivity index (χ4n) is 3.41. The second-order valence-corrected chi connectivity index (χ2v) is 7.14. The SMILES string of the molecule is CC(C)Oc1ccc(NC(=O)C2(c3ccc([N+](=O)[O-])cc3)CCOCC2)cc1. The Hall–Kier alpha value is -2.93. The van der Waals surface area contributed by atoms with E-state index >= 15 is 0 Å². The van der Waals surface area contributed by atoms with Gasteiger partial charge in [-0.2, -0.15) is 0 Å². The Bertz CT molecular complexity index is 825. The summed E-state index contributed by atoms with van der Waals surface area (Å²) in [5.41, 5.74) is 0.667. The van der Waals surface area contributed by atoms with Gasteiger partial charge in [-0.05, 0) is 56.5 Å². The van der Waals surface area contributed by atoms with E-state index < -0.39 is 10.3 Å². The standard InChI is InChI=1S/C21H24N2O5/c1-15(2)28-19-9-5-17(6-10-19)22-20(24)21(11-13-27-14-12-21)16-3-7-18(8-4-16)23(25)26/h3-10,15H,11-14H2,1-2H3,(H,22,24). The van der Waals surface area contributed by atoms with Crippen LogP contribution in [0.4, 0.5) is 11.4 Å². The van der Waals surface area contributed by atoms with Gasteiger partial charge in [0.2, 0.25) is 5.91 Å². The number of amides is 1. The first-order valence-electron chi connectivity index (χ1n) is 9.31. The molecule has 0 aromatic heterocycles. The molecule has 1 amide bonds. The zero-order valence-corrected chi connectivity index (χ0v) is 16.0. The van der Waals surface area contributed by atoms with Crippen molar-refractivity contribution in [1.29, 1.82) is 0 Å². The highest BCUT2D eigenvalue weighted by Crippen LogP contribution is 2.37. The third kappa shape index (κ3) is 4.31. The van der Waals surface area contributed by atoms with Crippen LogP contribution in [0.15, 0.2) is 48.5 Å². The molecule has 1 N–H and O–H groups in total. The first kappa shape index (κ1) is 19.8. The molecule has 1 fully saturated rings. The molecule has 0 aliphatic carbocycles. The number of carbonyl (C=O) groups is 1. The average Bonchev–Trinajstić information content (AvgIpc) is 2.69. The number of nitrogens with one attached hydrogen (secondary N) is 1. The molecule has 2 aromatic rings. The normalized spacial score (nSPS) is 15.8. The summed E-state index contributed by atoms with van der Waals surface area (Å²) in [4.78, 5) is 23.7. The molecule has 0 bridgehead atoms. The lowest BCUT2D eigenvalue weighted by Crippen LogP contribution is -2.44. The predicted molar refractivity (Wildman–Crippen MR) is 106 cm³/mol. The maximum absolute atomic E-state index is 13.2. The second kappa shape index (κ2) is 8.39. The number of rotatable bonds is 6. The Balaban J connectivity index is 1.82. The number of non-ortho nitro benzene ring substituents is 1. The third-order valence-electron chi connectivity index (χ3n) is 4.90. The topological polar surface area (TPSA) is 90.7 Å². The van der Waals surface area contributed by atoms with E-state index in [1.165, 1.54) is 12.1 Å². The zero-order chi connectivity index (χ0) is 20.1. The first-order valence-corrected chi connectivity index (χ1v) is 9.31. The number of carbonyl (C=O) groups excluding carboxylic acids is 1. The van der Waals surface area contributed by atoms with Crippen molar-refractivity contribution in [2.75, 3.05) is 18.5 Å². The molecule has 0 atom stereocenters. The van der Waals surface area contributed by atoms with Crippen molar-refractivity contribution < 1.29 is 19.2 Å². The smallest absolute Gasteiger partial charge is 0.269 e. The summed E-state index contributed by atoms with van der Waals surface area (Å²) in [6.07, 6.45) is 1.12. The summed E-state index contributed by atoms with van der Waals surface area (Å²) >= 11 is 0. The molecule has 1 saturated heterocycles. The molecule has 1 aliphatic heterocycles. The largest absolute Gasteiger partial charge is 0.491 e. The maximum Gasteiger partial charge on any atom is 0.269 e. The van der Waals surface area contributed by atoms with Crippen LogP contribution in [0.2, 0.25) is 0 Å². The number of nitro groups is 1. The van der Waals surface area contributed by atoms with Gasteiger partial charge in [-0.25, -0.2) is 0 Å². The summed E-state index contributed by atoms with van der Waals surface area (Å²) in [5.74, 6) is 0.603. The van der Waals surface area contributed by atoms with E-state index in [0.29, 0.717) is 31.7 Å². The molecular weight excluding hydrogens is 360 g/mol. The molecule has 148 valence electrons. The van der Waals surface area contributed by atoms with Gasteiger partial charge in [-0.3, -0.25) is 14.9 Å². The van der Waals surface area contributed by atoms with Gasteiger partial charge in [0, 0.05) is 31.0 Å². The number of ether oxygens (including phenoxy) is 2. The van der Waals surface area contributed by atoms with Gasteiger partial charge < -0.3 is 14.8 Å². The Morgan fingerprint density at radius 3 is 2.25 bits per heavy atom. The van der Waals surface area contributed by atoms with Crippen LogP contribution in [-0.4, -0.2) is 30.1 Å². The van der Waals surface area contributed by atoms with Gasteiger partial charge in [0.25, 0.3) is 5.69 Å². The van der Waals surface area contributed by atoms with Crippen molar-refractivity contribution in [1.82, 2.24) is 0 Å². The van der Waals surface area contributed by atoms with Crippen LogP contribution in [0.3, 0.4) is 0 Å². The zero-order valence-electron chi connectivity index (χ0n) is 16.0. The first-order chi connectivity index (χ1) is 13.4. The van der Waals surface area contributed by atoms with E-state index in [4.69, 9.17) is 9.47 Å². The molecule has 7 heteroatoms. The van der Waals surface area contributed by atoms with Crippen LogP contribution in [0, 0.1) is 10.1 Å². The minimum absolute atomic E-state index is 0.00658. The fraction of sp³-hybridized carbons (Fsp3) is 0.381. The number of hydrogen-bond donors (Lipinski definition) is 1. The summed E-state index contributed by atoms with van der Waals surface area (Å²) in [5, 5.41) is 13.9. The summed E-state index contributed by atoms with van der Waals surface area (Å²) < 4.78 is 11.1. The Morgan fingerprint density at radius 2 is 1.71 bits per heavy atom. The van der Waals surface area contributed by atoms with Crippen molar-refractivity contribution in [2.45, 2.75) is 38.2 Å². The Morgan fingerprint density at radius 1 is 1.11 bits per heavy atom. The summed E-state index contributed by atoms with van der Waals surface area (Å²) in [6.45, 7) is 4.83. The number of nitro benzene ring substituents is 1. The Kier molecular flexibility index (Phi) is 5.94. The van der Waals surface area contributed by atoms with E-state index in [1.807, 2.05) is 26.0 Å². The molecule has 1 heterocycles. The number of benzene rings is 2. The van der Waals surface area contributed by atoms with E-state index in [1.54, 1.807) is 24.3 Å². The van der Waals surface area contributed by atoms with Gasteiger partial charge in [0.05, 0.1) is 16.4 Å². The van der Waals surface area contributed by atoms with Crippen LogP contribution in [-0.2, 0) is 14.9 Å². The lowest BCUT2D eigenvalue weighted by molar-refractivity contribution is -0.384. The predicted octanol–water partition coefficient (Wildman–Crippen LogP) is 4.07. The molecule has 28 heavy (non-hydrogen) atoms. The van der Waals surface area contributed by atoms with Crippen molar-refractivity contribution in [3.63, 3.8) is 0 Å². The van der Waals surface area contributed by atoms with Crippen molar-refractivity contribution in [3.05, 3.63) is 64.2 Å². The van der Waals surface area contributed by atoms with E-state index in [0.717, 1.165) is 11.3 Å². The lowest BCUT2D eigenvalue weighted by atomic mass is 9.73. The van der Waals surface area contributed by atoms with E-state index in [-0.39, 0.29) is 17.7 Å². The van der Waals surface area contributed by atoms with Gasteiger partial charge >= 0.3 is 0 Å². The number of nitrogens with zero attached hydrogens (tertiary/aromatic N) is 1.